The van der Waals surface area contributed by atoms with Crippen molar-refractivity contribution in [3.63, 3.8) is 0 Å². The van der Waals surface area contributed by atoms with Crippen molar-refractivity contribution in [2.75, 3.05) is 12.9 Å². The summed E-state index contributed by atoms with van der Waals surface area (Å²) in [6, 6.07) is 5.99. The van der Waals surface area contributed by atoms with Crippen molar-refractivity contribution in [3.05, 3.63) is 35.2 Å². The normalized spacial score (nSPS) is 10.6. The molecule has 0 saturated heterocycles. The SMILES string of the molecule is CCn1c(COc2ccc(C)c(C)c2)nnc1SCC(=O)OC. The Labute approximate surface area is 140 Å². The minimum Gasteiger partial charge on any atom is -0.486 e. The molecule has 2 rings (SSSR count). The molecule has 0 bridgehead atoms. The van der Waals surface area contributed by atoms with Crippen molar-refractivity contribution < 1.29 is 14.3 Å². The fourth-order valence-electron chi connectivity index (χ4n) is 1.98. The van der Waals surface area contributed by atoms with Gasteiger partial charge in [0.1, 0.15) is 12.4 Å². The maximum atomic E-state index is 11.2. The molecule has 0 unspecified atom stereocenters. The van der Waals surface area contributed by atoms with E-state index in [1.165, 1.54) is 30.0 Å². The predicted molar refractivity (Wildman–Crippen MR) is 88.7 cm³/mol. The molecule has 124 valence electrons. The number of benzene rings is 1. The number of rotatable bonds is 7. The van der Waals surface area contributed by atoms with E-state index in [1.54, 1.807) is 0 Å². The van der Waals surface area contributed by atoms with Crippen LogP contribution in [0.15, 0.2) is 23.4 Å². The highest BCUT2D eigenvalue weighted by atomic mass is 32.2. The van der Waals surface area contributed by atoms with Crippen LogP contribution in [-0.2, 0) is 22.7 Å². The van der Waals surface area contributed by atoms with Crippen LogP contribution in [0.5, 0.6) is 5.75 Å². The molecule has 0 amide bonds. The maximum absolute atomic E-state index is 11.2. The van der Waals surface area contributed by atoms with Crippen molar-refractivity contribution in [2.45, 2.75) is 39.1 Å². The number of carbonyl (C=O) groups excluding carboxylic acids is 1. The number of esters is 1. The van der Waals surface area contributed by atoms with Crippen LogP contribution in [0, 0.1) is 13.8 Å². The van der Waals surface area contributed by atoms with E-state index in [1.807, 2.05) is 29.7 Å². The molecule has 0 saturated carbocycles. The fraction of sp³-hybridized carbons (Fsp3) is 0.438. The van der Waals surface area contributed by atoms with Gasteiger partial charge in [0.05, 0.1) is 12.9 Å². The van der Waals surface area contributed by atoms with E-state index in [2.05, 4.69) is 28.8 Å². The number of methoxy groups -OCH3 is 1. The summed E-state index contributed by atoms with van der Waals surface area (Å²) >= 11 is 1.31. The van der Waals surface area contributed by atoms with Gasteiger partial charge in [-0.25, -0.2) is 0 Å². The Morgan fingerprint density at radius 3 is 2.70 bits per heavy atom. The molecule has 0 aliphatic carbocycles. The Kier molecular flexibility index (Phi) is 6.04. The maximum Gasteiger partial charge on any atom is 0.316 e. The highest BCUT2D eigenvalue weighted by Crippen LogP contribution is 2.20. The lowest BCUT2D eigenvalue weighted by atomic mass is 10.1. The number of aryl methyl sites for hydroxylation is 2. The van der Waals surface area contributed by atoms with E-state index >= 15 is 0 Å². The van der Waals surface area contributed by atoms with E-state index in [0.717, 1.165) is 11.6 Å². The molecule has 0 aliphatic heterocycles. The summed E-state index contributed by atoms with van der Waals surface area (Å²) in [6.07, 6.45) is 0. The van der Waals surface area contributed by atoms with Crippen LogP contribution in [0.25, 0.3) is 0 Å². The quantitative estimate of drug-likeness (QED) is 0.572. The largest absolute Gasteiger partial charge is 0.486 e. The zero-order valence-electron chi connectivity index (χ0n) is 13.8. The molecule has 0 N–H and O–H groups in total. The highest BCUT2D eigenvalue weighted by Gasteiger charge is 2.13. The first-order valence-corrected chi connectivity index (χ1v) is 8.35. The van der Waals surface area contributed by atoms with Crippen LogP contribution in [0.1, 0.15) is 23.9 Å². The van der Waals surface area contributed by atoms with Gasteiger partial charge in [-0.15, -0.1) is 10.2 Å². The fourth-order valence-corrected chi connectivity index (χ4v) is 2.84. The third-order valence-electron chi connectivity index (χ3n) is 3.50. The molecule has 1 heterocycles. The van der Waals surface area contributed by atoms with Gasteiger partial charge in [-0.05, 0) is 44.0 Å². The summed E-state index contributed by atoms with van der Waals surface area (Å²) in [5.74, 6) is 1.47. The Morgan fingerprint density at radius 1 is 1.26 bits per heavy atom. The molecule has 1 aromatic carbocycles. The van der Waals surface area contributed by atoms with Crippen molar-refractivity contribution in [1.82, 2.24) is 14.8 Å². The molecule has 1 aromatic heterocycles. The summed E-state index contributed by atoms with van der Waals surface area (Å²) in [6.45, 7) is 7.17. The van der Waals surface area contributed by atoms with Gasteiger partial charge in [0.2, 0.25) is 0 Å². The minimum absolute atomic E-state index is 0.215. The number of aromatic nitrogens is 3. The van der Waals surface area contributed by atoms with Crippen molar-refractivity contribution in [1.29, 1.82) is 0 Å². The first-order valence-electron chi connectivity index (χ1n) is 7.36. The summed E-state index contributed by atoms with van der Waals surface area (Å²) in [7, 11) is 1.37. The van der Waals surface area contributed by atoms with Crippen LogP contribution in [0.2, 0.25) is 0 Å². The summed E-state index contributed by atoms with van der Waals surface area (Å²) in [5, 5.41) is 8.98. The monoisotopic (exact) mass is 335 g/mol. The second-order valence-electron chi connectivity index (χ2n) is 5.04. The van der Waals surface area contributed by atoms with Gasteiger partial charge >= 0.3 is 5.97 Å². The average Bonchev–Trinajstić information content (AvgIpc) is 2.95. The summed E-state index contributed by atoms with van der Waals surface area (Å²) in [4.78, 5) is 11.2. The lowest BCUT2D eigenvalue weighted by molar-refractivity contribution is -0.137. The third kappa shape index (κ3) is 4.48. The molecule has 2 aromatic rings. The Bertz CT molecular complexity index is 685. The summed E-state index contributed by atoms with van der Waals surface area (Å²) < 4.78 is 12.4. The lowest BCUT2D eigenvalue weighted by Crippen LogP contribution is -2.08. The molecule has 0 atom stereocenters. The third-order valence-corrected chi connectivity index (χ3v) is 4.44. The van der Waals surface area contributed by atoms with Gasteiger partial charge in [-0.2, -0.15) is 0 Å². The molecule has 7 heteroatoms. The Hall–Kier alpha value is -2.02. The molecule has 0 radical (unpaired) electrons. The van der Waals surface area contributed by atoms with Crippen LogP contribution in [-0.4, -0.2) is 33.6 Å². The van der Waals surface area contributed by atoms with Crippen LogP contribution in [0.4, 0.5) is 0 Å². The molecular formula is C16H21N3O3S. The first kappa shape index (κ1) is 17.3. The zero-order valence-corrected chi connectivity index (χ0v) is 14.6. The Balaban J connectivity index is 2.03. The smallest absolute Gasteiger partial charge is 0.316 e. The number of hydrogen-bond acceptors (Lipinski definition) is 6. The molecular weight excluding hydrogens is 314 g/mol. The van der Waals surface area contributed by atoms with Gasteiger partial charge in [-0.3, -0.25) is 4.79 Å². The topological polar surface area (TPSA) is 66.2 Å². The number of nitrogens with zero attached hydrogens (tertiary/aromatic N) is 3. The molecule has 6 nitrogen and oxygen atoms in total. The lowest BCUT2D eigenvalue weighted by Gasteiger charge is -2.10. The number of ether oxygens (including phenoxy) is 2. The number of thioether (sulfide) groups is 1. The van der Waals surface area contributed by atoms with Gasteiger partial charge in [-0.1, -0.05) is 17.8 Å². The molecule has 0 spiro atoms. The second kappa shape index (κ2) is 8.01. The number of carbonyl (C=O) groups is 1. The molecule has 0 aliphatic rings. The van der Waals surface area contributed by atoms with Crippen LogP contribution < -0.4 is 4.74 Å². The van der Waals surface area contributed by atoms with Gasteiger partial charge in [0.25, 0.3) is 0 Å². The average molecular weight is 335 g/mol. The summed E-state index contributed by atoms with van der Waals surface area (Å²) in [5.41, 5.74) is 2.42. The van der Waals surface area contributed by atoms with Crippen LogP contribution >= 0.6 is 11.8 Å². The Morgan fingerprint density at radius 2 is 2.04 bits per heavy atom. The van der Waals surface area contributed by atoms with E-state index in [4.69, 9.17) is 4.74 Å². The van der Waals surface area contributed by atoms with E-state index in [9.17, 15) is 4.79 Å². The van der Waals surface area contributed by atoms with E-state index < -0.39 is 0 Å². The zero-order chi connectivity index (χ0) is 16.8. The van der Waals surface area contributed by atoms with Crippen molar-refractivity contribution >= 4 is 17.7 Å². The van der Waals surface area contributed by atoms with Gasteiger partial charge in [0, 0.05) is 6.54 Å². The molecule has 0 fully saturated rings. The predicted octanol–water partition coefficient (Wildman–Crippen LogP) is 2.76. The van der Waals surface area contributed by atoms with Crippen molar-refractivity contribution in [3.8, 4) is 5.75 Å². The van der Waals surface area contributed by atoms with Gasteiger partial charge in [0.15, 0.2) is 11.0 Å². The second-order valence-corrected chi connectivity index (χ2v) is 5.99. The van der Waals surface area contributed by atoms with Crippen LogP contribution in [0.3, 0.4) is 0 Å². The van der Waals surface area contributed by atoms with E-state index in [0.29, 0.717) is 18.3 Å². The van der Waals surface area contributed by atoms with Gasteiger partial charge < -0.3 is 14.0 Å². The molecule has 23 heavy (non-hydrogen) atoms. The minimum atomic E-state index is -0.284. The first-order chi connectivity index (χ1) is 11.0. The standard InChI is InChI=1S/C16H21N3O3S/c1-5-19-14(17-18-16(19)23-10-15(20)21-4)9-22-13-7-6-11(2)12(3)8-13/h6-8H,5,9-10H2,1-4H3. The van der Waals surface area contributed by atoms with E-state index in [-0.39, 0.29) is 11.7 Å². The highest BCUT2D eigenvalue weighted by molar-refractivity contribution is 7.99. The number of hydrogen-bond donors (Lipinski definition) is 0. The van der Waals surface area contributed by atoms with Crippen molar-refractivity contribution in [2.24, 2.45) is 0 Å².